The van der Waals surface area contributed by atoms with E-state index in [1.165, 1.54) is 10.8 Å². The van der Waals surface area contributed by atoms with Gasteiger partial charge in [0.05, 0.1) is 12.3 Å². The van der Waals surface area contributed by atoms with Crippen LogP contribution < -0.4 is 4.72 Å². The van der Waals surface area contributed by atoms with Gasteiger partial charge in [-0.2, -0.15) is 5.10 Å². The molecule has 0 amide bonds. The predicted octanol–water partition coefficient (Wildman–Crippen LogP) is 3.63. The molecule has 3 rings (SSSR count). The molecule has 5 nitrogen and oxygen atoms in total. The van der Waals surface area contributed by atoms with Crippen molar-refractivity contribution in [3.05, 3.63) is 60.3 Å². The van der Waals surface area contributed by atoms with Crippen LogP contribution in [0.15, 0.2) is 54.7 Å². The van der Waals surface area contributed by atoms with E-state index < -0.39 is 10.0 Å². The number of anilines is 1. The number of nitrogens with zero attached hydrogens (tertiary/aromatic N) is 2. The molecule has 1 N–H and O–H groups in total. The van der Waals surface area contributed by atoms with Crippen molar-refractivity contribution in [1.29, 1.82) is 0 Å². The summed E-state index contributed by atoms with van der Waals surface area (Å²) in [5.41, 5.74) is 1.15. The summed E-state index contributed by atoms with van der Waals surface area (Å²) in [5.74, 6) is 0.492. The summed E-state index contributed by atoms with van der Waals surface area (Å²) in [6, 6.07) is 16.1. The van der Waals surface area contributed by atoms with Gasteiger partial charge in [-0.1, -0.05) is 55.8 Å². The van der Waals surface area contributed by atoms with Crippen LogP contribution in [0.4, 0.5) is 5.82 Å². The molecule has 0 radical (unpaired) electrons. The molecule has 0 atom stereocenters. The molecule has 126 valence electrons. The van der Waals surface area contributed by atoms with Crippen molar-refractivity contribution < 1.29 is 8.42 Å². The van der Waals surface area contributed by atoms with Crippen molar-refractivity contribution in [2.45, 2.75) is 26.3 Å². The summed E-state index contributed by atoms with van der Waals surface area (Å²) >= 11 is 0. The zero-order valence-electron chi connectivity index (χ0n) is 13.6. The molecular weight excluding hydrogens is 322 g/mol. The number of unbranched alkanes of at least 4 members (excludes halogenated alkanes) is 1. The first-order valence-electron chi connectivity index (χ1n) is 8.08. The third-order valence-electron chi connectivity index (χ3n) is 3.88. The minimum Gasteiger partial charge on any atom is -0.266 e. The monoisotopic (exact) mass is 343 g/mol. The topological polar surface area (TPSA) is 64.0 Å². The fraction of sp³-hybridized carbons (Fsp3) is 0.278. The minimum atomic E-state index is -3.32. The Morgan fingerprint density at radius 2 is 1.88 bits per heavy atom. The van der Waals surface area contributed by atoms with Crippen LogP contribution in [0.1, 0.15) is 25.3 Å². The zero-order valence-corrected chi connectivity index (χ0v) is 14.5. The average molecular weight is 343 g/mol. The predicted molar refractivity (Wildman–Crippen MR) is 97.6 cm³/mol. The highest BCUT2D eigenvalue weighted by atomic mass is 32.2. The molecule has 24 heavy (non-hydrogen) atoms. The van der Waals surface area contributed by atoms with Gasteiger partial charge in [-0.3, -0.25) is 9.40 Å². The van der Waals surface area contributed by atoms with Crippen LogP contribution in [0.5, 0.6) is 0 Å². The largest absolute Gasteiger partial charge is 0.266 e. The highest BCUT2D eigenvalue weighted by Gasteiger charge is 2.11. The van der Waals surface area contributed by atoms with Crippen LogP contribution in [-0.4, -0.2) is 24.0 Å². The summed E-state index contributed by atoms with van der Waals surface area (Å²) in [4.78, 5) is 0. The smallest absolute Gasteiger partial charge is 0.233 e. The van der Waals surface area contributed by atoms with Gasteiger partial charge in [-0.25, -0.2) is 8.42 Å². The molecule has 0 spiro atoms. The molecule has 0 aliphatic carbocycles. The third-order valence-corrected chi connectivity index (χ3v) is 5.23. The molecule has 2 aromatic carbocycles. The van der Waals surface area contributed by atoms with Crippen LogP contribution in [-0.2, 0) is 16.6 Å². The first-order chi connectivity index (χ1) is 11.6. The van der Waals surface area contributed by atoms with Crippen molar-refractivity contribution in [2.75, 3.05) is 10.5 Å². The van der Waals surface area contributed by atoms with Crippen molar-refractivity contribution in [3.63, 3.8) is 0 Å². The van der Waals surface area contributed by atoms with Crippen molar-refractivity contribution >= 4 is 26.6 Å². The van der Waals surface area contributed by atoms with Gasteiger partial charge in [-0.15, -0.1) is 0 Å². The maximum absolute atomic E-state index is 11.9. The molecule has 0 bridgehead atoms. The Hall–Kier alpha value is -2.34. The lowest BCUT2D eigenvalue weighted by molar-refractivity contribution is 0.597. The number of nitrogens with one attached hydrogen (secondary N) is 1. The summed E-state index contributed by atoms with van der Waals surface area (Å²) in [6.07, 6.45) is 3.28. The van der Waals surface area contributed by atoms with Gasteiger partial charge in [0.25, 0.3) is 0 Å². The summed E-state index contributed by atoms with van der Waals surface area (Å²) in [6.45, 7) is 2.56. The molecule has 0 saturated carbocycles. The summed E-state index contributed by atoms with van der Waals surface area (Å²) in [5, 5.41) is 6.70. The standard InChI is InChI=1S/C18H21N3O2S/c1-2-3-13-24(22,23)20-18-11-12-21(19-18)14-16-9-6-8-15-7-4-5-10-17(15)16/h4-12H,2-3,13-14H2,1H3,(H,19,20). The molecule has 6 heteroatoms. The number of sulfonamides is 1. The van der Waals surface area contributed by atoms with E-state index in [2.05, 4.69) is 34.1 Å². The SMILES string of the molecule is CCCCS(=O)(=O)Nc1ccn(Cc2cccc3ccccc23)n1. The van der Waals surface area contributed by atoms with E-state index in [1.54, 1.807) is 16.9 Å². The van der Waals surface area contributed by atoms with Crippen LogP contribution in [0.25, 0.3) is 10.8 Å². The maximum atomic E-state index is 11.9. The fourth-order valence-corrected chi connectivity index (χ4v) is 3.85. The Morgan fingerprint density at radius 3 is 2.71 bits per heavy atom. The van der Waals surface area contributed by atoms with E-state index in [-0.39, 0.29) is 5.75 Å². The number of fused-ring (bicyclic) bond motifs is 1. The van der Waals surface area contributed by atoms with E-state index in [0.717, 1.165) is 12.0 Å². The molecule has 0 fully saturated rings. The fourth-order valence-electron chi connectivity index (χ4n) is 2.65. The van der Waals surface area contributed by atoms with Crippen molar-refractivity contribution in [2.24, 2.45) is 0 Å². The van der Waals surface area contributed by atoms with E-state index in [9.17, 15) is 8.42 Å². The second-order valence-electron chi connectivity index (χ2n) is 5.81. The first kappa shape index (κ1) is 16.5. The summed E-state index contributed by atoms with van der Waals surface area (Å²) < 4.78 is 28.2. The maximum Gasteiger partial charge on any atom is 0.233 e. The van der Waals surface area contributed by atoms with Gasteiger partial charge in [0, 0.05) is 12.3 Å². The molecule has 0 unspecified atom stereocenters. The lowest BCUT2D eigenvalue weighted by Crippen LogP contribution is -2.17. The average Bonchev–Trinajstić information content (AvgIpc) is 2.99. The van der Waals surface area contributed by atoms with Gasteiger partial charge >= 0.3 is 0 Å². The highest BCUT2D eigenvalue weighted by Crippen LogP contribution is 2.19. The lowest BCUT2D eigenvalue weighted by atomic mass is 10.0. The third kappa shape index (κ3) is 3.94. The molecule has 3 aromatic rings. The molecule has 1 heterocycles. The Labute approximate surface area is 142 Å². The second kappa shape index (κ2) is 7.05. The minimum absolute atomic E-state index is 0.125. The number of aromatic nitrogens is 2. The lowest BCUT2D eigenvalue weighted by Gasteiger charge is -2.07. The molecule has 0 saturated heterocycles. The van der Waals surface area contributed by atoms with Crippen LogP contribution in [0, 0.1) is 0 Å². The Kier molecular flexibility index (Phi) is 4.85. The molecule has 0 aliphatic rings. The van der Waals surface area contributed by atoms with Crippen LogP contribution in [0.2, 0.25) is 0 Å². The first-order valence-corrected chi connectivity index (χ1v) is 9.73. The zero-order chi connectivity index (χ0) is 17.0. The number of hydrogen-bond donors (Lipinski definition) is 1. The van der Waals surface area contributed by atoms with Crippen LogP contribution >= 0.6 is 0 Å². The van der Waals surface area contributed by atoms with E-state index >= 15 is 0 Å². The highest BCUT2D eigenvalue weighted by molar-refractivity contribution is 7.92. The van der Waals surface area contributed by atoms with E-state index in [4.69, 9.17) is 0 Å². The Balaban J connectivity index is 1.76. The molecule has 0 aliphatic heterocycles. The quantitative estimate of drug-likeness (QED) is 0.712. The van der Waals surface area contributed by atoms with Crippen molar-refractivity contribution in [1.82, 2.24) is 9.78 Å². The number of rotatable bonds is 7. The van der Waals surface area contributed by atoms with E-state index in [0.29, 0.717) is 18.8 Å². The molecular formula is C18H21N3O2S. The normalized spacial score (nSPS) is 11.7. The van der Waals surface area contributed by atoms with Crippen molar-refractivity contribution in [3.8, 4) is 0 Å². The van der Waals surface area contributed by atoms with Gasteiger partial charge in [0.15, 0.2) is 5.82 Å². The Morgan fingerprint density at radius 1 is 1.08 bits per heavy atom. The number of hydrogen-bond acceptors (Lipinski definition) is 3. The second-order valence-corrected chi connectivity index (χ2v) is 7.65. The van der Waals surface area contributed by atoms with Gasteiger partial charge < -0.3 is 0 Å². The molecule has 1 aromatic heterocycles. The van der Waals surface area contributed by atoms with Gasteiger partial charge in [0.2, 0.25) is 10.0 Å². The Bertz CT molecular complexity index is 927. The summed E-state index contributed by atoms with van der Waals surface area (Å²) in [7, 11) is -3.32. The van der Waals surface area contributed by atoms with E-state index in [1.807, 2.05) is 25.1 Å². The van der Waals surface area contributed by atoms with Crippen LogP contribution in [0.3, 0.4) is 0 Å². The van der Waals surface area contributed by atoms with Gasteiger partial charge in [-0.05, 0) is 22.8 Å². The van der Waals surface area contributed by atoms with Gasteiger partial charge in [0.1, 0.15) is 0 Å². The number of benzene rings is 2.